The van der Waals surface area contributed by atoms with E-state index in [1.807, 2.05) is 18.5 Å². The lowest BCUT2D eigenvalue weighted by Crippen LogP contribution is -2.42. The molecule has 0 spiro atoms. The van der Waals surface area contributed by atoms with Crippen LogP contribution in [-0.4, -0.2) is 35.1 Å². The zero-order valence-electron chi connectivity index (χ0n) is 13.6. The van der Waals surface area contributed by atoms with Gasteiger partial charge in [-0.2, -0.15) is 0 Å². The third kappa shape index (κ3) is 7.18. The maximum Gasteiger partial charge on any atom is 0.500 e. The molecule has 1 rings (SSSR count). The third-order valence-corrected chi connectivity index (χ3v) is 6.69. The lowest BCUT2D eigenvalue weighted by molar-refractivity contribution is 0.122. The topological polar surface area (TPSA) is 40.6 Å². The number of unbranched alkanes of at least 4 members (excludes halogenated alkanes) is 5. The Labute approximate surface area is 130 Å². The predicted octanol–water partition coefficient (Wildman–Crippen LogP) is 3.84. The van der Waals surface area contributed by atoms with Crippen LogP contribution in [0.4, 0.5) is 0 Å². The highest BCUT2D eigenvalue weighted by atomic mass is 28.4. The van der Waals surface area contributed by atoms with Crippen molar-refractivity contribution in [2.24, 2.45) is 0 Å². The van der Waals surface area contributed by atoms with Crippen LogP contribution in [0, 0.1) is 0 Å². The zero-order chi connectivity index (χ0) is 15.4. The number of aromatic nitrogens is 1. The molecule has 0 saturated carbocycles. The summed E-state index contributed by atoms with van der Waals surface area (Å²) in [6.45, 7) is 0. The molecule has 5 heteroatoms. The third-order valence-electron chi connectivity index (χ3n) is 3.85. The van der Waals surface area contributed by atoms with Crippen molar-refractivity contribution in [3.05, 3.63) is 30.1 Å². The Balaban J connectivity index is 2.00. The number of rotatable bonds is 12. The molecule has 0 aliphatic rings. The van der Waals surface area contributed by atoms with E-state index >= 15 is 0 Å². The summed E-state index contributed by atoms with van der Waals surface area (Å²) in [5.74, 6) is 0. The van der Waals surface area contributed by atoms with Gasteiger partial charge in [-0.1, -0.05) is 31.7 Å². The van der Waals surface area contributed by atoms with Crippen LogP contribution in [0.1, 0.15) is 44.1 Å². The molecular formula is C16H29NO3Si. The Hall–Kier alpha value is -0.753. The molecule has 0 amide bonds. The van der Waals surface area contributed by atoms with Gasteiger partial charge in [0.05, 0.1) is 0 Å². The van der Waals surface area contributed by atoms with E-state index in [2.05, 4.69) is 11.1 Å². The summed E-state index contributed by atoms with van der Waals surface area (Å²) in [7, 11) is 2.69. The Morgan fingerprint density at radius 2 is 1.52 bits per heavy atom. The molecule has 1 aromatic heterocycles. The highest BCUT2D eigenvalue weighted by Crippen LogP contribution is 2.18. The van der Waals surface area contributed by atoms with E-state index in [9.17, 15) is 0 Å². The number of hydrogen-bond acceptors (Lipinski definition) is 4. The first-order valence-corrected chi connectivity index (χ1v) is 9.74. The van der Waals surface area contributed by atoms with E-state index in [4.69, 9.17) is 13.3 Å². The summed E-state index contributed by atoms with van der Waals surface area (Å²) in [5, 5.41) is 0. The number of aryl methyl sites for hydroxylation is 1. The van der Waals surface area contributed by atoms with Crippen LogP contribution in [-0.2, 0) is 19.7 Å². The Morgan fingerprint density at radius 3 is 2.10 bits per heavy atom. The fraction of sp³-hybridized carbons (Fsp3) is 0.688. The van der Waals surface area contributed by atoms with Crippen LogP contribution in [0.2, 0.25) is 6.04 Å². The van der Waals surface area contributed by atoms with Crippen molar-refractivity contribution >= 4 is 8.80 Å². The molecule has 0 radical (unpaired) electrons. The standard InChI is InChI=1S/C16H29NO3Si/c1-18-21(19-2,20-3)14-9-7-5-4-6-8-11-16-12-10-13-17-15-16/h10,12-13,15H,4-9,11,14H2,1-3H3. The van der Waals surface area contributed by atoms with Gasteiger partial charge in [-0.3, -0.25) is 4.98 Å². The van der Waals surface area contributed by atoms with Gasteiger partial charge in [-0.15, -0.1) is 0 Å². The summed E-state index contributed by atoms with van der Waals surface area (Å²) in [6.07, 6.45) is 12.4. The van der Waals surface area contributed by atoms with Crippen molar-refractivity contribution in [1.82, 2.24) is 4.98 Å². The first kappa shape index (κ1) is 18.3. The van der Waals surface area contributed by atoms with Gasteiger partial charge in [-0.25, -0.2) is 0 Å². The SMILES string of the molecule is CO[Si](CCCCCCCCc1cccnc1)(OC)OC. The second-order valence-corrected chi connectivity index (χ2v) is 8.37. The van der Waals surface area contributed by atoms with Crippen LogP contribution in [0.3, 0.4) is 0 Å². The molecule has 4 nitrogen and oxygen atoms in total. The molecule has 0 aliphatic heterocycles. The average molecular weight is 311 g/mol. The molecule has 0 aliphatic carbocycles. The molecule has 120 valence electrons. The smallest absolute Gasteiger partial charge is 0.377 e. The van der Waals surface area contributed by atoms with E-state index in [1.54, 1.807) is 21.3 Å². The van der Waals surface area contributed by atoms with Crippen molar-refractivity contribution in [2.45, 2.75) is 51.0 Å². The second-order valence-electron chi connectivity index (χ2n) is 5.28. The highest BCUT2D eigenvalue weighted by Gasteiger charge is 2.36. The summed E-state index contributed by atoms with van der Waals surface area (Å²) in [6, 6.07) is 5.07. The molecule has 0 fully saturated rings. The predicted molar refractivity (Wildman–Crippen MR) is 87.2 cm³/mol. The fourth-order valence-corrected chi connectivity index (χ4v) is 4.28. The molecule has 0 saturated heterocycles. The average Bonchev–Trinajstić information content (AvgIpc) is 2.55. The van der Waals surface area contributed by atoms with Gasteiger partial charge in [-0.05, 0) is 30.9 Å². The van der Waals surface area contributed by atoms with E-state index < -0.39 is 8.80 Å². The Morgan fingerprint density at radius 1 is 0.905 bits per heavy atom. The lowest BCUT2D eigenvalue weighted by Gasteiger charge is -2.24. The largest absolute Gasteiger partial charge is 0.500 e. The van der Waals surface area contributed by atoms with E-state index in [1.165, 1.54) is 37.7 Å². The maximum atomic E-state index is 5.42. The summed E-state index contributed by atoms with van der Waals surface area (Å²) in [4.78, 5) is 4.14. The molecule has 1 aromatic rings. The summed E-state index contributed by atoms with van der Waals surface area (Å²) in [5.41, 5.74) is 1.34. The molecule has 0 atom stereocenters. The Bertz CT molecular complexity index is 350. The first-order valence-electron chi connectivity index (χ1n) is 7.80. The van der Waals surface area contributed by atoms with Crippen LogP contribution in [0.25, 0.3) is 0 Å². The summed E-state index contributed by atoms with van der Waals surface area (Å²) >= 11 is 0. The van der Waals surface area contributed by atoms with Crippen LogP contribution in [0.5, 0.6) is 0 Å². The summed E-state index contributed by atoms with van der Waals surface area (Å²) < 4.78 is 16.3. The minimum atomic E-state index is -2.34. The molecule has 21 heavy (non-hydrogen) atoms. The van der Waals surface area contributed by atoms with Gasteiger partial charge in [0.2, 0.25) is 0 Å². The van der Waals surface area contributed by atoms with Gasteiger partial charge in [0, 0.05) is 39.8 Å². The van der Waals surface area contributed by atoms with Gasteiger partial charge >= 0.3 is 8.80 Å². The first-order chi connectivity index (χ1) is 10.3. The van der Waals surface area contributed by atoms with E-state index in [-0.39, 0.29) is 0 Å². The van der Waals surface area contributed by atoms with Gasteiger partial charge in [0.25, 0.3) is 0 Å². The van der Waals surface area contributed by atoms with Gasteiger partial charge < -0.3 is 13.3 Å². The Kier molecular flexibility index (Phi) is 9.50. The lowest BCUT2D eigenvalue weighted by atomic mass is 10.1. The minimum Gasteiger partial charge on any atom is -0.377 e. The number of nitrogens with zero attached hydrogens (tertiary/aromatic N) is 1. The van der Waals surface area contributed by atoms with Crippen molar-refractivity contribution < 1.29 is 13.3 Å². The molecular weight excluding hydrogens is 282 g/mol. The number of hydrogen-bond donors (Lipinski definition) is 0. The van der Waals surface area contributed by atoms with Gasteiger partial charge in [0.15, 0.2) is 0 Å². The van der Waals surface area contributed by atoms with E-state index in [0.717, 1.165) is 18.9 Å². The quantitative estimate of drug-likeness (QED) is 0.434. The molecule has 0 N–H and O–H groups in total. The van der Waals surface area contributed by atoms with E-state index in [0.29, 0.717) is 0 Å². The van der Waals surface area contributed by atoms with Crippen LogP contribution < -0.4 is 0 Å². The van der Waals surface area contributed by atoms with Gasteiger partial charge in [0.1, 0.15) is 0 Å². The van der Waals surface area contributed by atoms with Crippen molar-refractivity contribution in [2.75, 3.05) is 21.3 Å². The normalized spacial score (nSPS) is 11.8. The van der Waals surface area contributed by atoms with Crippen LogP contribution in [0.15, 0.2) is 24.5 Å². The number of pyridine rings is 1. The zero-order valence-corrected chi connectivity index (χ0v) is 14.6. The van der Waals surface area contributed by atoms with Crippen LogP contribution >= 0.6 is 0 Å². The highest BCUT2D eigenvalue weighted by molar-refractivity contribution is 6.60. The molecule has 0 aromatic carbocycles. The van der Waals surface area contributed by atoms with Crippen molar-refractivity contribution in [1.29, 1.82) is 0 Å². The molecule has 0 unspecified atom stereocenters. The maximum absolute atomic E-state index is 5.42. The minimum absolute atomic E-state index is 0.909. The fourth-order valence-electron chi connectivity index (χ4n) is 2.48. The molecule has 1 heterocycles. The monoisotopic (exact) mass is 311 g/mol. The second kappa shape index (κ2) is 10.9. The molecule has 0 bridgehead atoms. The van der Waals surface area contributed by atoms with Crippen molar-refractivity contribution in [3.8, 4) is 0 Å². The van der Waals surface area contributed by atoms with Crippen molar-refractivity contribution in [3.63, 3.8) is 0 Å².